The van der Waals surface area contributed by atoms with E-state index < -0.39 is 0 Å². The highest BCUT2D eigenvalue weighted by Gasteiger charge is 2.61. The normalized spacial score (nSPS) is 47.4. The van der Waals surface area contributed by atoms with Gasteiger partial charge in [0.25, 0.3) is 0 Å². The number of fused-ring (bicyclic) bond motifs is 5. The van der Waals surface area contributed by atoms with Crippen LogP contribution in [0.15, 0.2) is 16.8 Å². The summed E-state index contributed by atoms with van der Waals surface area (Å²) >= 11 is 0. The number of nitrogens with zero attached hydrogens (tertiary/aromatic N) is 2. The first-order chi connectivity index (χ1) is 14.3. The minimum atomic E-state index is -0.228. The highest BCUT2D eigenvalue weighted by Crippen LogP contribution is 2.66. The van der Waals surface area contributed by atoms with Crippen molar-refractivity contribution in [3.05, 3.63) is 11.6 Å². The monoisotopic (exact) mass is 418 g/mol. The Morgan fingerprint density at radius 2 is 1.83 bits per heavy atom. The lowest BCUT2D eigenvalue weighted by Gasteiger charge is -2.61. The van der Waals surface area contributed by atoms with Crippen molar-refractivity contribution < 1.29 is 15.1 Å². The third-order valence-electron chi connectivity index (χ3n) is 9.60. The van der Waals surface area contributed by atoms with Gasteiger partial charge in [-0.05, 0) is 106 Å². The van der Waals surface area contributed by atoms with E-state index in [4.69, 9.17) is 4.84 Å². The molecule has 170 valence electrons. The van der Waals surface area contributed by atoms with Gasteiger partial charge < -0.3 is 20.0 Å². The first-order valence-corrected chi connectivity index (χ1v) is 12.1. The van der Waals surface area contributed by atoms with E-state index >= 15 is 0 Å². The summed E-state index contributed by atoms with van der Waals surface area (Å²) in [4.78, 5) is 7.40. The highest BCUT2D eigenvalue weighted by molar-refractivity contribution is 5.71. The summed E-state index contributed by atoms with van der Waals surface area (Å²) in [7, 11) is 4.05. The molecule has 0 heterocycles. The SMILES string of the molecule is CN(C)CCO/N=C/C=C1/CC[C@@]2(C)[C@H](C1)[C@@H](O)C[C@@H]1[C@@H]2CC[C@]2(C)[C@@H](O)CC[C@@H]12. The van der Waals surface area contributed by atoms with Crippen molar-refractivity contribution in [2.45, 2.75) is 77.4 Å². The van der Waals surface area contributed by atoms with Gasteiger partial charge in [-0.15, -0.1) is 0 Å². The van der Waals surface area contributed by atoms with E-state index in [1.54, 1.807) is 6.21 Å². The zero-order valence-electron chi connectivity index (χ0n) is 19.4. The van der Waals surface area contributed by atoms with Crippen LogP contribution in [0.25, 0.3) is 0 Å². The maximum Gasteiger partial charge on any atom is 0.129 e. The second-order valence-corrected chi connectivity index (χ2v) is 11.3. The fraction of sp³-hybridized carbons (Fsp3) is 0.880. The molecule has 8 atom stereocenters. The fourth-order valence-corrected chi connectivity index (χ4v) is 7.73. The van der Waals surface area contributed by atoms with Gasteiger partial charge in [0.05, 0.1) is 18.4 Å². The van der Waals surface area contributed by atoms with Crippen LogP contribution in [0.1, 0.15) is 65.2 Å². The Morgan fingerprint density at radius 1 is 1.07 bits per heavy atom. The maximum atomic E-state index is 11.2. The molecule has 0 saturated heterocycles. The van der Waals surface area contributed by atoms with Crippen molar-refractivity contribution in [2.75, 3.05) is 27.2 Å². The van der Waals surface area contributed by atoms with Gasteiger partial charge in [-0.25, -0.2) is 0 Å². The molecule has 4 saturated carbocycles. The largest absolute Gasteiger partial charge is 0.394 e. The third-order valence-corrected chi connectivity index (χ3v) is 9.60. The fourth-order valence-electron chi connectivity index (χ4n) is 7.73. The summed E-state index contributed by atoms with van der Waals surface area (Å²) in [5, 5.41) is 26.0. The molecule has 5 nitrogen and oxygen atoms in total. The van der Waals surface area contributed by atoms with Crippen molar-refractivity contribution >= 4 is 6.21 Å². The van der Waals surface area contributed by atoms with E-state index in [-0.39, 0.29) is 23.0 Å². The Balaban J connectivity index is 1.42. The number of aliphatic hydroxyl groups excluding tert-OH is 2. The lowest BCUT2D eigenvalue weighted by molar-refractivity contribution is -0.156. The van der Waals surface area contributed by atoms with E-state index in [9.17, 15) is 10.2 Å². The van der Waals surface area contributed by atoms with Crippen LogP contribution in [0.3, 0.4) is 0 Å². The minimum Gasteiger partial charge on any atom is -0.394 e. The second kappa shape index (κ2) is 8.55. The predicted octanol–water partition coefficient (Wildman–Crippen LogP) is 3.85. The van der Waals surface area contributed by atoms with Gasteiger partial charge in [-0.1, -0.05) is 24.6 Å². The van der Waals surface area contributed by atoms with Crippen molar-refractivity contribution in [3.8, 4) is 0 Å². The van der Waals surface area contributed by atoms with Crippen LogP contribution < -0.4 is 0 Å². The van der Waals surface area contributed by atoms with Gasteiger partial charge in [0, 0.05) is 6.54 Å². The molecule has 4 aliphatic carbocycles. The third kappa shape index (κ3) is 3.86. The molecular formula is C25H42N2O3. The van der Waals surface area contributed by atoms with Gasteiger partial charge in [0.1, 0.15) is 6.61 Å². The summed E-state index contributed by atoms with van der Waals surface area (Å²) in [6.07, 6.45) is 12.1. The summed E-state index contributed by atoms with van der Waals surface area (Å²) in [6.45, 7) is 6.24. The van der Waals surface area contributed by atoms with E-state index in [0.29, 0.717) is 30.3 Å². The molecule has 2 N–H and O–H groups in total. The number of allylic oxidation sites excluding steroid dienone is 2. The van der Waals surface area contributed by atoms with Crippen molar-refractivity contribution in [2.24, 2.45) is 39.7 Å². The first-order valence-electron chi connectivity index (χ1n) is 12.1. The van der Waals surface area contributed by atoms with E-state index in [1.807, 2.05) is 14.1 Å². The van der Waals surface area contributed by atoms with Crippen LogP contribution in [0.4, 0.5) is 0 Å². The summed E-state index contributed by atoms with van der Waals surface area (Å²) < 4.78 is 0. The summed E-state index contributed by atoms with van der Waals surface area (Å²) in [5.41, 5.74) is 1.69. The van der Waals surface area contributed by atoms with Crippen LogP contribution in [-0.2, 0) is 4.84 Å². The molecule has 0 bridgehead atoms. The van der Waals surface area contributed by atoms with Crippen LogP contribution in [0.2, 0.25) is 0 Å². The van der Waals surface area contributed by atoms with Gasteiger partial charge in [-0.2, -0.15) is 0 Å². The van der Waals surface area contributed by atoms with E-state index in [1.165, 1.54) is 12.0 Å². The Kier molecular flexibility index (Phi) is 6.36. The molecule has 0 aromatic heterocycles. The number of likely N-dealkylation sites (N-methyl/N-ethyl adjacent to an activating group) is 1. The highest BCUT2D eigenvalue weighted by atomic mass is 16.6. The quantitative estimate of drug-likeness (QED) is 0.404. The number of aliphatic hydroxyl groups is 2. The van der Waals surface area contributed by atoms with E-state index in [2.05, 4.69) is 30.0 Å². The van der Waals surface area contributed by atoms with Crippen LogP contribution in [0.5, 0.6) is 0 Å². The standard InChI is InChI=1S/C25H42N2O3/c1-24-10-7-17(9-12-26-30-14-13-27(3)4)15-21(24)22(28)16-18-19-5-6-23(29)25(19,2)11-8-20(18)24/h9,12,18-23,28-29H,5-8,10-11,13-16H2,1-4H3/b17-9-,26-12+/t18-,19-,20-,21+,22-,23-,24+,25-/m0/s1. The number of rotatable bonds is 5. The second-order valence-electron chi connectivity index (χ2n) is 11.3. The van der Waals surface area contributed by atoms with Gasteiger partial charge in [-0.3, -0.25) is 0 Å². The Hall–Kier alpha value is -0.910. The van der Waals surface area contributed by atoms with Crippen LogP contribution in [-0.4, -0.2) is 60.8 Å². The van der Waals surface area contributed by atoms with Gasteiger partial charge in [0.2, 0.25) is 0 Å². The number of oxime groups is 1. The predicted molar refractivity (Wildman–Crippen MR) is 120 cm³/mol. The molecule has 0 radical (unpaired) electrons. The zero-order valence-corrected chi connectivity index (χ0v) is 19.4. The molecule has 4 fully saturated rings. The van der Waals surface area contributed by atoms with E-state index in [0.717, 1.165) is 51.5 Å². The summed E-state index contributed by atoms with van der Waals surface area (Å²) in [6, 6.07) is 0. The molecule has 4 aliphatic rings. The van der Waals surface area contributed by atoms with Crippen LogP contribution in [0, 0.1) is 34.5 Å². The molecule has 0 spiro atoms. The molecule has 0 aromatic carbocycles. The average Bonchev–Trinajstić information content (AvgIpc) is 3.00. The summed E-state index contributed by atoms with van der Waals surface area (Å²) in [5.74, 6) is 2.20. The molecule has 0 aromatic rings. The molecule has 0 aliphatic heterocycles. The van der Waals surface area contributed by atoms with Gasteiger partial charge in [0.15, 0.2) is 0 Å². The molecule has 5 heteroatoms. The van der Waals surface area contributed by atoms with Crippen molar-refractivity contribution in [1.29, 1.82) is 0 Å². The Morgan fingerprint density at radius 3 is 2.60 bits per heavy atom. The molecule has 0 amide bonds. The maximum absolute atomic E-state index is 11.2. The minimum absolute atomic E-state index is 0.0763. The van der Waals surface area contributed by atoms with Crippen molar-refractivity contribution in [1.82, 2.24) is 4.90 Å². The smallest absolute Gasteiger partial charge is 0.129 e. The molecule has 4 rings (SSSR count). The van der Waals surface area contributed by atoms with Crippen molar-refractivity contribution in [3.63, 3.8) is 0 Å². The molecular weight excluding hydrogens is 376 g/mol. The molecule has 0 unspecified atom stereocenters. The van der Waals surface area contributed by atoms with Gasteiger partial charge >= 0.3 is 0 Å². The lowest BCUT2D eigenvalue weighted by atomic mass is 9.44. The Labute approximate surface area is 182 Å². The average molecular weight is 419 g/mol. The topological polar surface area (TPSA) is 65.3 Å². The number of hydrogen-bond donors (Lipinski definition) is 2. The number of hydrogen-bond acceptors (Lipinski definition) is 5. The first kappa shape index (κ1) is 22.3. The van der Waals surface area contributed by atoms with Crippen LogP contribution >= 0.6 is 0 Å². The Bertz CT molecular complexity index is 677. The zero-order chi connectivity index (χ0) is 21.5. The molecule has 30 heavy (non-hydrogen) atoms. The lowest BCUT2D eigenvalue weighted by Crippen LogP contribution is -2.57.